The Hall–Kier alpha value is -1.14. The number of carbonyl (C=O) groups excluding carboxylic acids is 2. The van der Waals surface area contributed by atoms with Crippen LogP contribution in [0, 0.1) is 0 Å². The summed E-state index contributed by atoms with van der Waals surface area (Å²) in [5.74, 6) is -0.946. The second-order valence-electron chi connectivity index (χ2n) is 7.51. The summed E-state index contributed by atoms with van der Waals surface area (Å²) in [6.45, 7) is 0.554. The third kappa shape index (κ3) is 21.2. The van der Waals surface area contributed by atoms with Gasteiger partial charge in [0.1, 0.15) is 0 Å². The van der Waals surface area contributed by atoms with Gasteiger partial charge in [-0.3, -0.25) is 0 Å². The highest BCUT2D eigenvalue weighted by Gasteiger charge is 2.09. The second kappa shape index (κ2) is 22.2. The summed E-state index contributed by atoms with van der Waals surface area (Å²) in [7, 11) is 0. The Labute approximate surface area is 170 Å². The maximum atomic E-state index is 11.5. The van der Waals surface area contributed by atoms with Crippen molar-refractivity contribution in [3.63, 3.8) is 0 Å². The molecular formula is C22H42O6. The minimum atomic E-state index is -0.473. The standard InChI is InChI=1S/C22H42O6/c23-19-15-11-7-3-1-5-9-13-17-21(25)27-28-22(26)18-14-10-6-2-4-8-12-16-20-24/h23-24H,1-20H2. The number of aliphatic hydroxyl groups is 2. The topological polar surface area (TPSA) is 93.1 Å². The highest BCUT2D eigenvalue weighted by atomic mass is 17.2. The minimum absolute atomic E-state index is 0.277. The molecule has 0 rings (SSSR count). The number of hydrogen-bond donors (Lipinski definition) is 2. The molecule has 0 saturated heterocycles. The maximum Gasteiger partial charge on any atom is 0.355 e. The third-order valence-corrected chi connectivity index (χ3v) is 4.81. The molecule has 0 aromatic heterocycles. The molecule has 0 aliphatic heterocycles. The quantitative estimate of drug-likeness (QED) is 0.169. The van der Waals surface area contributed by atoms with Crippen LogP contribution in [0.25, 0.3) is 0 Å². The summed E-state index contributed by atoms with van der Waals surface area (Å²) < 4.78 is 0. The fraction of sp³-hybridized carbons (Fsp3) is 0.909. The van der Waals surface area contributed by atoms with Gasteiger partial charge in [-0.15, -0.1) is 0 Å². The number of aliphatic hydroxyl groups excluding tert-OH is 2. The van der Waals surface area contributed by atoms with E-state index in [9.17, 15) is 9.59 Å². The average Bonchev–Trinajstić information content (AvgIpc) is 2.69. The Morgan fingerprint density at radius 3 is 0.964 bits per heavy atom. The Morgan fingerprint density at radius 2 is 0.679 bits per heavy atom. The molecule has 0 aliphatic rings. The van der Waals surface area contributed by atoms with Crippen molar-refractivity contribution in [1.29, 1.82) is 0 Å². The van der Waals surface area contributed by atoms with E-state index in [1.807, 2.05) is 0 Å². The molecular weight excluding hydrogens is 360 g/mol. The van der Waals surface area contributed by atoms with Gasteiger partial charge in [-0.2, -0.15) is 0 Å². The van der Waals surface area contributed by atoms with Crippen LogP contribution in [0.2, 0.25) is 0 Å². The molecule has 0 aromatic rings. The Balaban J connectivity index is 3.32. The summed E-state index contributed by atoms with van der Waals surface area (Å²) in [5, 5.41) is 17.4. The highest BCUT2D eigenvalue weighted by molar-refractivity contribution is 5.72. The molecule has 0 aliphatic carbocycles. The van der Waals surface area contributed by atoms with Crippen molar-refractivity contribution in [3.8, 4) is 0 Å². The minimum Gasteiger partial charge on any atom is -0.396 e. The normalized spacial score (nSPS) is 10.8. The first kappa shape index (κ1) is 26.9. The molecule has 166 valence electrons. The first-order chi connectivity index (χ1) is 13.7. The zero-order valence-corrected chi connectivity index (χ0v) is 17.7. The number of hydrogen-bond acceptors (Lipinski definition) is 6. The van der Waals surface area contributed by atoms with Gasteiger partial charge in [0.15, 0.2) is 0 Å². The van der Waals surface area contributed by atoms with Gasteiger partial charge in [-0.1, -0.05) is 77.0 Å². The summed E-state index contributed by atoms with van der Waals surface area (Å²) in [5.41, 5.74) is 0. The van der Waals surface area contributed by atoms with E-state index in [1.165, 1.54) is 12.8 Å². The van der Waals surface area contributed by atoms with Crippen LogP contribution >= 0.6 is 0 Å². The second-order valence-corrected chi connectivity index (χ2v) is 7.51. The summed E-state index contributed by atoms with van der Waals surface area (Å²) in [6, 6.07) is 0. The predicted molar refractivity (Wildman–Crippen MR) is 109 cm³/mol. The summed E-state index contributed by atoms with van der Waals surface area (Å²) in [6.07, 6.45) is 17.1. The van der Waals surface area contributed by atoms with Crippen molar-refractivity contribution in [3.05, 3.63) is 0 Å². The van der Waals surface area contributed by atoms with E-state index in [-0.39, 0.29) is 26.1 Å². The van der Waals surface area contributed by atoms with Crippen LogP contribution < -0.4 is 0 Å². The van der Waals surface area contributed by atoms with Crippen molar-refractivity contribution in [2.45, 2.75) is 116 Å². The number of carbonyl (C=O) groups is 2. The van der Waals surface area contributed by atoms with Crippen molar-refractivity contribution < 1.29 is 29.6 Å². The van der Waals surface area contributed by atoms with Crippen LogP contribution in [0.1, 0.15) is 116 Å². The fourth-order valence-electron chi connectivity index (χ4n) is 3.06. The third-order valence-electron chi connectivity index (χ3n) is 4.81. The maximum absolute atomic E-state index is 11.5. The largest absolute Gasteiger partial charge is 0.396 e. The van der Waals surface area contributed by atoms with E-state index in [2.05, 4.69) is 9.78 Å². The first-order valence-corrected chi connectivity index (χ1v) is 11.3. The van der Waals surface area contributed by atoms with Crippen LogP contribution in [0.3, 0.4) is 0 Å². The van der Waals surface area contributed by atoms with E-state index in [0.29, 0.717) is 0 Å². The lowest BCUT2D eigenvalue weighted by Gasteiger charge is -2.04. The molecule has 0 fully saturated rings. The van der Waals surface area contributed by atoms with E-state index < -0.39 is 11.9 Å². The molecule has 28 heavy (non-hydrogen) atoms. The average molecular weight is 403 g/mol. The Morgan fingerprint density at radius 1 is 0.429 bits per heavy atom. The van der Waals surface area contributed by atoms with E-state index in [1.54, 1.807) is 0 Å². The van der Waals surface area contributed by atoms with Crippen LogP contribution in [-0.4, -0.2) is 35.4 Å². The number of unbranched alkanes of at least 4 members (excludes halogenated alkanes) is 14. The smallest absolute Gasteiger partial charge is 0.355 e. The van der Waals surface area contributed by atoms with E-state index in [0.717, 1.165) is 89.9 Å². The molecule has 6 nitrogen and oxygen atoms in total. The molecule has 6 heteroatoms. The van der Waals surface area contributed by atoms with Crippen molar-refractivity contribution in [2.24, 2.45) is 0 Å². The lowest BCUT2D eigenvalue weighted by atomic mass is 10.1. The SMILES string of the molecule is O=C(CCCCCCCCCCO)OOC(=O)CCCCCCCCCCO. The fourth-order valence-corrected chi connectivity index (χ4v) is 3.06. The Kier molecular flexibility index (Phi) is 21.3. The van der Waals surface area contributed by atoms with E-state index in [4.69, 9.17) is 10.2 Å². The Bertz CT molecular complexity index is 325. The molecule has 0 amide bonds. The zero-order valence-electron chi connectivity index (χ0n) is 17.7. The molecule has 0 aromatic carbocycles. The monoisotopic (exact) mass is 402 g/mol. The van der Waals surface area contributed by atoms with Crippen molar-refractivity contribution in [2.75, 3.05) is 13.2 Å². The van der Waals surface area contributed by atoms with Crippen LogP contribution in [0.15, 0.2) is 0 Å². The van der Waals surface area contributed by atoms with E-state index >= 15 is 0 Å². The number of rotatable bonds is 20. The molecule has 0 spiro atoms. The van der Waals surface area contributed by atoms with Gasteiger partial charge in [0.2, 0.25) is 0 Å². The van der Waals surface area contributed by atoms with Gasteiger partial charge < -0.3 is 10.2 Å². The van der Waals surface area contributed by atoms with Gasteiger partial charge in [0, 0.05) is 13.2 Å². The van der Waals surface area contributed by atoms with Crippen molar-refractivity contribution in [1.82, 2.24) is 0 Å². The molecule has 0 atom stereocenters. The van der Waals surface area contributed by atoms with Gasteiger partial charge in [0.05, 0.1) is 12.8 Å². The van der Waals surface area contributed by atoms with Crippen molar-refractivity contribution >= 4 is 11.9 Å². The molecule has 0 unspecified atom stereocenters. The molecule has 0 bridgehead atoms. The molecule has 2 N–H and O–H groups in total. The zero-order chi connectivity index (χ0) is 20.7. The predicted octanol–water partition coefficient (Wildman–Crippen LogP) is 4.99. The molecule has 0 radical (unpaired) electrons. The lowest BCUT2D eigenvalue weighted by Crippen LogP contribution is -2.11. The van der Waals surface area contributed by atoms with Gasteiger partial charge >= 0.3 is 11.9 Å². The molecule has 0 heterocycles. The first-order valence-electron chi connectivity index (χ1n) is 11.3. The van der Waals surface area contributed by atoms with Gasteiger partial charge in [0.25, 0.3) is 0 Å². The molecule has 0 saturated carbocycles. The highest BCUT2D eigenvalue weighted by Crippen LogP contribution is 2.11. The summed E-state index contributed by atoms with van der Waals surface area (Å²) in [4.78, 5) is 32.2. The summed E-state index contributed by atoms with van der Waals surface area (Å²) >= 11 is 0. The van der Waals surface area contributed by atoms with Crippen LogP contribution in [-0.2, 0) is 19.4 Å². The van der Waals surface area contributed by atoms with Gasteiger partial charge in [-0.05, 0) is 25.7 Å². The van der Waals surface area contributed by atoms with Crippen LogP contribution in [0.4, 0.5) is 0 Å². The lowest BCUT2D eigenvalue weighted by molar-refractivity contribution is -0.259. The van der Waals surface area contributed by atoms with Gasteiger partial charge in [-0.25, -0.2) is 19.4 Å². The van der Waals surface area contributed by atoms with Crippen LogP contribution in [0.5, 0.6) is 0 Å².